The van der Waals surface area contributed by atoms with E-state index in [-0.39, 0.29) is 0 Å². The lowest BCUT2D eigenvalue weighted by Crippen LogP contribution is -2.49. The molecular weight excluding hydrogens is 118 g/mol. The minimum atomic E-state index is 0.896. The van der Waals surface area contributed by atoms with Crippen molar-refractivity contribution in [2.24, 2.45) is 0 Å². The van der Waals surface area contributed by atoms with Gasteiger partial charge in [0.2, 0.25) is 0 Å². The molecule has 4 nitrogen and oxygen atoms in total. The summed E-state index contributed by atoms with van der Waals surface area (Å²) < 4.78 is 0. The van der Waals surface area contributed by atoms with E-state index >= 15 is 0 Å². The third-order valence-electron chi connectivity index (χ3n) is 1.64. The molecule has 0 saturated carbocycles. The maximum atomic E-state index is 8.43. The zero-order valence-corrected chi connectivity index (χ0v) is 5.67. The monoisotopic (exact) mass is 131 g/mol. The molecule has 4 heteroatoms. The zero-order chi connectivity index (χ0) is 6.69. The van der Waals surface area contributed by atoms with Crippen LogP contribution in [-0.4, -0.2) is 48.3 Å². The molecule has 0 radical (unpaired) electrons. The smallest absolute Gasteiger partial charge is 0.0281 e. The van der Waals surface area contributed by atoms with Gasteiger partial charge in [-0.1, -0.05) is 0 Å². The van der Waals surface area contributed by atoms with Crippen molar-refractivity contribution in [3.8, 4) is 0 Å². The van der Waals surface area contributed by atoms with E-state index in [0.717, 1.165) is 26.2 Å². The van der Waals surface area contributed by atoms with E-state index < -0.39 is 0 Å². The Labute approximate surface area is 55.0 Å². The third-order valence-corrected chi connectivity index (χ3v) is 1.64. The van der Waals surface area contributed by atoms with Crippen LogP contribution in [0.25, 0.3) is 0 Å². The normalized spacial score (nSPS) is 24.7. The Bertz CT molecular complexity index is 80.3. The predicted octanol–water partition coefficient (Wildman–Crippen LogP) is -0.872. The lowest BCUT2D eigenvalue weighted by molar-refractivity contribution is -0.0426. The Hall–Kier alpha value is -0.160. The first kappa shape index (κ1) is 6.95. The molecule has 0 aliphatic carbocycles. The summed E-state index contributed by atoms with van der Waals surface area (Å²) in [4.78, 5) is 2.23. The highest BCUT2D eigenvalue weighted by atomic mass is 16.5. The zero-order valence-electron chi connectivity index (χ0n) is 5.67. The second-order valence-electron chi connectivity index (χ2n) is 2.39. The molecule has 1 heterocycles. The fourth-order valence-corrected chi connectivity index (χ4v) is 0.906. The number of nitrogens with zero attached hydrogens (tertiary/aromatic N) is 2. The molecule has 1 rings (SSSR count). The van der Waals surface area contributed by atoms with Gasteiger partial charge < -0.3 is 10.1 Å². The molecule has 0 aromatic rings. The van der Waals surface area contributed by atoms with Gasteiger partial charge in [-0.3, -0.25) is 0 Å². The van der Waals surface area contributed by atoms with Crippen LogP contribution in [-0.2, 0) is 0 Å². The Morgan fingerprint density at radius 2 is 1.78 bits per heavy atom. The quantitative estimate of drug-likeness (QED) is 0.454. The van der Waals surface area contributed by atoms with Gasteiger partial charge in [0.1, 0.15) is 0 Å². The summed E-state index contributed by atoms with van der Waals surface area (Å²) in [5.74, 6) is 0. The Balaban J connectivity index is 2.18. The predicted molar refractivity (Wildman–Crippen MR) is 34.0 cm³/mol. The van der Waals surface area contributed by atoms with Crippen LogP contribution in [0.5, 0.6) is 0 Å². The van der Waals surface area contributed by atoms with E-state index in [1.807, 2.05) is 0 Å². The minimum Gasteiger partial charge on any atom is -0.304 e. The van der Waals surface area contributed by atoms with Crippen molar-refractivity contribution >= 4 is 0 Å². The van der Waals surface area contributed by atoms with Crippen LogP contribution in [0.15, 0.2) is 0 Å². The molecule has 0 unspecified atom stereocenters. The number of likely N-dealkylation sites (N-methyl/N-ethyl adjacent to an activating group) is 1. The molecule has 0 amide bonds. The maximum Gasteiger partial charge on any atom is 0.0281 e. The van der Waals surface area contributed by atoms with Crippen molar-refractivity contribution in [1.29, 1.82) is 0 Å². The second kappa shape index (κ2) is 3.12. The molecule has 0 aromatic carbocycles. The Morgan fingerprint density at radius 3 is 2.22 bits per heavy atom. The summed E-state index contributed by atoms with van der Waals surface area (Å²) in [6.45, 7) is 3.83. The largest absolute Gasteiger partial charge is 0.304 e. The maximum absolute atomic E-state index is 8.43. The number of hydrazine groups is 1. The molecule has 2 N–H and O–H groups in total. The topological polar surface area (TPSA) is 38.7 Å². The number of nitrogens with one attached hydrogen (secondary N) is 1. The summed E-state index contributed by atoms with van der Waals surface area (Å²) in [7, 11) is 2.08. The molecule has 0 aromatic heterocycles. The fourth-order valence-electron chi connectivity index (χ4n) is 0.906. The number of piperazine rings is 1. The average molecular weight is 131 g/mol. The molecule has 1 saturated heterocycles. The van der Waals surface area contributed by atoms with E-state index in [0.29, 0.717) is 0 Å². The van der Waals surface area contributed by atoms with E-state index in [1.165, 1.54) is 0 Å². The van der Waals surface area contributed by atoms with Crippen molar-refractivity contribution in [3.63, 3.8) is 0 Å². The molecule has 0 atom stereocenters. The van der Waals surface area contributed by atoms with Crippen LogP contribution in [0, 0.1) is 0 Å². The van der Waals surface area contributed by atoms with Crippen molar-refractivity contribution in [3.05, 3.63) is 0 Å². The minimum absolute atomic E-state index is 0.896. The van der Waals surface area contributed by atoms with Gasteiger partial charge >= 0.3 is 0 Å². The lowest BCUT2D eigenvalue weighted by atomic mass is 10.4. The number of rotatable bonds is 1. The summed E-state index contributed by atoms with van der Waals surface area (Å²) in [6, 6.07) is 0. The van der Waals surface area contributed by atoms with Crippen LogP contribution in [0.3, 0.4) is 0 Å². The first-order valence-electron chi connectivity index (χ1n) is 3.16. The summed E-state index contributed by atoms with van der Waals surface area (Å²) in [6.07, 6.45) is 0. The second-order valence-corrected chi connectivity index (χ2v) is 2.39. The van der Waals surface area contributed by atoms with Crippen molar-refractivity contribution in [2.75, 3.05) is 33.2 Å². The van der Waals surface area contributed by atoms with E-state index in [1.54, 1.807) is 5.01 Å². The van der Waals surface area contributed by atoms with Gasteiger partial charge in [-0.2, -0.15) is 0 Å². The number of hydrogen-bond donors (Lipinski definition) is 2. The van der Waals surface area contributed by atoms with Gasteiger partial charge in [0, 0.05) is 26.2 Å². The van der Waals surface area contributed by atoms with Gasteiger partial charge in [-0.15, -0.1) is 5.59 Å². The van der Waals surface area contributed by atoms with Gasteiger partial charge in [0.05, 0.1) is 0 Å². The molecule has 1 fully saturated rings. The van der Waals surface area contributed by atoms with E-state index in [2.05, 4.69) is 17.5 Å². The van der Waals surface area contributed by atoms with E-state index in [9.17, 15) is 0 Å². The summed E-state index contributed by atoms with van der Waals surface area (Å²) in [5, 5.41) is 10.2. The third kappa shape index (κ3) is 1.91. The van der Waals surface area contributed by atoms with Crippen molar-refractivity contribution < 1.29 is 5.21 Å². The summed E-state index contributed by atoms with van der Waals surface area (Å²) >= 11 is 0. The van der Waals surface area contributed by atoms with Gasteiger partial charge in [-0.05, 0) is 7.05 Å². The van der Waals surface area contributed by atoms with Crippen LogP contribution in [0.2, 0.25) is 0 Å². The highest BCUT2D eigenvalue weighted by molar-refractivity contribution is 4.63. The van der Waals surface area contributed by atoms with Crippen LogP contribution in [0.1, 0.15) is 0 Å². The van der Waals surface area contributed by atoms with E-state index in [4.69, 9.17) is 5.21 Å². The molecular formula is C5H13N3O. The Morgan fingerprint density at radius 1 is 1.22 bits per heavy atom. The standard InChI is InChI=1S/C5H13N3O/c1-7-2-4-8(6-9)5-3-7/h6,9H,2-5H2,1H3. The molecule has 54 valence electrons. The summed E-state index contributed by atoms with van der Waals surface area (Å²) in [5.41, 5.74) is 2.13. The van der Waals surface area contributed by atoms with Crippen LogP contribution >= 0.6 is 0 Å². The van der Waals surface area contributed by atoms with Crippen LogP contribution < -0.4 is 5.59 Å². The van der Waals surface area contributed by atoms with Crippen molar-refractivity contribution in [2.45, 2.75) is 0 Å². The highest BCUT2D eigenvalue weighted by Crippen LogP contribution is 1.93. The average Bonchev–Trinajstić information content (AvgIpc) is 1.90. The molecule has 0 bridgehead atoms. The first-order chi connectivity index (χ1) is 4.33. The van der Waals surface area contributed by atoms with Crippen molar-refractivity contribution in [1.82, 2.24) is 15.5 Å². The fraction of sp³-hybridized carbons (Fsp3) is 1.00. The molecule has 9 heavy (non-hydrogen) atoms. The first-order valence-corrected chi connectivity index (χ1v) is 3.16. The lowest BCUT2D eigenvalue weighted by Gasteiger charge is -2.30. The highest BCUT2D eigenvalue weighted by Gasteiger charge is 2.11. The van der Waals surface area contributed by atoms with Gasteiger partial charge in [0.15, 0.2) is 0 Å². The molecule has 1 aliphatic heterocycles. The SMILES string of the molecule is CN1CCN(NO)CC1. The molecule has 0 spiro atoms. The van der Waals surface area contributed by atoms with Gasteiger partial charge in [-0.25, -0.2) is 5.01 Å². The Kier molecular flexibility index (Phi) is 2.41. The van der Waals surface area contributed by atoms with Gasteiger partial charge in [0.25, 0.3) is 0 Å². The van der Waals surface area contributed by atoms with Crippen LogP contribution in [0.4, 0.5) is 0 Å². The molecule has 1 aliphatic rings. The number of hydrogen-bond acceptors (Lipinski definition) is 4.